The quantitative estimate of drug-likeness (QED) is 0.488. The summed E-state index contributed by atoms with van der Waals surface area (Å²) >= 11 is 7.70. The predicted molar refractivity (Wildman–Crippen MR) is 119 cm³/mol. The van der Waals surface area contributed by atoms with Gasteiger partial charge in [-0.05, 0) is 31.0 Å². The van der Waals surface area contributed by atoms with E-state index in [-0.39, 0.29) is 11.5 Å². The highest BCUT2D eigenvalue weighted by Gasteiger charge is 2.14. The first-order chi connectivity index (χ1) is 14.0. The van der Waals surface area contributed by atoms with Gasteiger partial charge in [-0.1, -0.05) is 48.0 Å². The SMILES string of the molecule is Cc1nn(CCCC(=O)NCc2ccccc2Cl)c(=O)c2c1sc1ccccc12. The van der Waals surface area contributed by atoms with Crippen molar-refractivity contribution in [3.63, 3.8) is 0 Å². The van der Waals surface area contributed by atoms with Gasteiger partial charge < -0.3 is 5.32 Å². The summed E-state index contributed by atoms with van der Waals surface area (Å²) in [5.74, 6) is -0.0725. The molecule has 0 bridgehead atoms. The van der Waals surface area contributed by atoms with Crippen LogP contribution in [0.25, 0.3) is 20.2 Å². The number of hydrogen-bond donors (Lipinski definition) is 1. The van der Waals surface area contributed by atoms with Crippen LogP contribution in [0.5, 0.6) is 0 Å². The summed E-state index contributed by atoms with van der Waals surface area (Å²) in [7, 11) is 0. The average Bonchev–Trinajstić information content (AvgIpc) is 3.11. The first kappa shape index (κ1) is 19.6. The van der Waals surface area contributed by atoms with Gasteiger partial charge in [0.15, 0.2) is 0 Å². The Bertz CT molecular complexity index is 1260. The fourth-order valence-electron chi connectivity index (χ4n) is 3.38. The lowest BCUT2D eigenvalue weighted by atomic mass is 10.2. The standard InChI is InChI=1S/C22H20ClN3O2S/c1-14-21-20(16-8-3-5-10-18(16)29-21)22(28)26(25-14)12-6-11-19(27)24-13-15-7-2-4-9-17(15)23/h2-5,7-10H,6,11-13H2,1H3,(H,24,27). The summed E-state index contributed by atoms with van der Waals surface area (Å²) in [5, 5.41) is 9.66. The summed E-state index contributed by atoms with van der Waals surface area (Å²) in [6.45, 7) is 2.71. The molecule has 1 amide bonds. The second kappa shape index (κ2) is 8.35. The molecule has 0 spiro atoms. The van der Waals surface area contributed by atoms with Crippen LogP contribution in [0, 0.1) is 6.92 Å². The van der Waals surface area contributed by atoms with E-state index in [0.29, 0.717) is 31.0 Å². The number of aryl methyl sites for hydroxylation is 2. The molecule has 0 atom stereocenters. The normalized spacial score (nSPS) is 11.2. The fraction of sp³-hybridized carbons (Fsp3) is 0.227. The highest BCUT2D eigenvalue weighted by Crippen LogP contribution is 2.32. The third-order valence-corrected chi connectivity index (χ3v) is 6.50. The number of rotatable bonds is 6. The minimum Gasteiger partial charge on any atom is -0.352 e. The topological polar surface area (TPSA) is 64.0 Å². The molecule has 5 nitrogen and oxygen atoms in total. The van der Waals surface area contributed by atoms with Gasteiger partial charge in [0.25, 0.3) is 5.56 Å². The van der Waals surface area contributed by atoms with E-state index in [1.165, 1.54) is 4.68 Å². The second-order valence-corrected chi connectivity index (χ2v) is 8.35. The smallest absolute Gasteiger partial charge is 0.276 e. The van der Waals surface area contributed by atoms with Crippen molar-refractivity contribution in [2.75, 3.05) is 0 Å². The number of amides is 1. The van der Waals surface area contributed by atoms with Gasteiger partial charge in [0.2, 0.25) is 5.91 Å². The van der Waals surface area contributed by atoms with Gasteiger partial charge in [0, 0.05) is 34.6 Å². The van der Waals surface area contributed by atoms with Crippen molar-refractivity contribution in [3.05, 3.63) is 75.2 Å². The lowest BCUT2D eigenvalue weighted by Crippen LogP contribution is -2.26. The first-order valence-corrected chi connectivity index (χ1v) is 10.6. The Kier molecular flexibility index (Phi) is 5.65. The zero-order chi connectivity index (χ0) is 20.4. The van der Waals surface area contributed by atoms with Crippen LogP contribution in [-0.2, 0) is 17.9 Å². The Morgan fingerprint density at radius 3 is 2.76 bits per heavy atom. The second-order valence-electron chi connectivity index (χ2n) is 6.89. The first-order valence-electron chi connectivity index (χ1n) is 9.43. The average molecular weight is 426 g/mol. The van der Waals surface area contributed by atoms with E-state index in [0.717, 1.165) is 31.4 Å². The number of benzene rings is 2. The molecule has 0 radical (unpaired) electrons. The molecule has 7 heteroatoms. The summed E-state index contributed by atoms with van der Waals surface area (Å²) in [4.78, 5) is 25.1. The van der Waals surface area contributed by atoms with E-state index in [4.69, 9.17) is 11.6 Å². The van der Waals surface area contributed by atoms with Gasteiger partial charge in [0.05, 0.1) is 15.8 Å². The van der Waals surface area contributed by atoms with E-state index in [9.17, 15) is 9.59 Å². The van der Waals surface area contributed by atoms with Gasteiger partial charge in [-0.2, -0.15) is 5.10 Å². The zero-order valence-electron chi connectivity index (χ0n) is 15.9. The lowest BCUT2D eigenvalue weighted by Gasteiger charge is -2.08. The van der Waals surface area contributed by atoms with Gasteiger partial charge >= 0.3 is 0 Å². The van der Waals surface area contributed by atoms with Crippen LogP contribution in [0.3, 0.4) is 0 Å². The van der Waals surface area contributed by atoms with Gasteiger partial charge in [-0.25, -0.2) is 4.68 Å². The predicted octanol–water partition coefficient (Wildman–Crippen LogP) is 4.67. The number of nitrogens with one attached hydrogen (secondary N) is 1. The number of aromatic nitrogens is 2. The summed E-state index contributed by atoms with van der Waals surface area (Å²) in [5.41, 5.74) is 1.62. The Morgan fingerprint density at radius 2 is 1.93 bits per heavy atom. The van der Waals surface area contributed by atoms with Crippen molar-refractivity contribution in [1.29, 1.82) is 0 Å². The van der Waals surface area contributed by atoms with Crippen molar-refractivity contribution in [3.8, 4) is 0 Å². The number of hydrogen-bond acceptors (Lipinski definition) is 4. The van der Waals surface area contributed by atoms with Crippen LogP contribution in [0.4, 0.5) is 0 Å². The zero-order valence-corrected chi connectivity index (χ0v) is 17.5. The number of halogens is 1. The molecule has 1 N–H and O–H groups in total. The number of thiophene rings is 1. The molecule has 0 saturated carbocycles. The molecule has 0 aliphatic rings. The van der Waals surface area contributed by atoms with E-state index in [1.807, 2.05) is 49.4 Å². The minimum absolute atomic E-state index is 0.0725. The third-order valence-electron chi connectivity index (χ3n) is 4.85. The van der Waals surface area contributed by atoms with E-state index in [1.54, 1.807) is 17.4 Å². The van der Waals surface area contributed by atoms with Crippen molar-refractivity contribution < 1.29 is 4.79 Å². The van der Waals surface area contributed by atoms with Crippen molar-refractivity contribution in [1.82, 2.24) is 15.1 Å². The molecule has 0 fully saturated rings. The van der Waals surface area contributed by atoms with E-state index in [2.05, 4.69) is 10.4 Å². The molecular weight excluding hydrogens is 406 g/mol. The molecule has 0 unspecified atom stereocenters. The van der Waals surface area contributed by atoms with Crippen molar-refractivity contribution >= 4 is 49.0 Å². The molecule has 4 rings (SSSR count). The lowest BCUT2D eigenvalue weighted by molar-refractivity contribution is -0.121. The number of carbonyl (C=O) groups is 1. The molecule has 4 aromatic rings. The van der Waals surface area contributed by atoms with Gasteiger partial charge in [-0.3, -0.25) is 9.59 Å². The van der Waals surface area contributed by atoms with E-state index >= 15 is 0 Å². The van der Waals surface area contributed by atoms with Crippen molar-refractivity contribution in [2.45, 2.75) is 32.9 Å². The number of fused-ring (bicyclic) bond motifs is 3. The fourth-order valence-corrected chi connectivity index (χ4v) is 4.72. The Hall–Kier alpha value is -2.70. The monoisotopic (exact) mass is 425 g/mol. The molecule has 0 saturated heterocycles. The maximum Gasteiger partial charge on any atom is 0.276 e. The Morgan fingerprint density at radius 1 is 1.17 bits per heavy atom. The van der Waals surface area contributed by atoms with Crippen molar-refractivity contribution in [2.24, 2.45) is 0 Å². The maximum absolute atomic E-state index is 13.0. The molecular formula is C22H20ClN3O2S. The van der Waals surface area contributed by atoms with Crippen LogP contribution >= 0.6 is 22.9 Å². The van der Waals surface area contributed by atoms with Gasteiger partial charge in [-0.15, -0.1) is 11.3 Å². The molecule has 2 aromatic carbocycles. The molecule has 2 heterocycles. The summed E-state index contributed by atoms with van der Waals surface area (Å²) in [6.07, 6.45) is 0.855. The van der Waals surface area contributed by atoms with Crippen LogP contribution in [0.1, 0.15) is 24.1 Å². The highest BCUT2D eigenvalue weighted by molar-refractivity contribution is 7.26. The molecule has 2 aromatic heterocycles. The number of carbonyl (C=O) groups excluding carboxylic acids is 1. The minimum atomic E-state index is -0.0977. The van der Waals surface area contributed by atoms with Crippen LogP contribution in [0.15, 0.2) is 53.3 Å². The number of nitrogens with zero attached hydrogens (tertiary/aromatic N) is 2. The van der Waals surface area contributed by atoms with Crippen LogP contribution in [0.2, 0.25) is 5.02 Å². The highest BCUT2D eigenvalue weighted by atomic mass is 35.5. The van der Waals surface area contributed by atoms with Gasteiger partial charge in [0.1, 0.15) is 0 Å². The Balaban J connectivity index is 1.44. The maximum atomic E-state index is 13.0. The summed E-state index contributed by atoms with van der Waals surface area (Å²) in [6, 6.07) is 15.3. The van der Waals surface area contributed by atoms with Crippen LogP contribution < -0.4 is 10.9 Å². The summed E-state index contributed by atoms with van der Waals surface area (Å²) < 4.78 is 3.50. The molecule has 148 valence electrons. The Labute approximate surface area is 176 Å². The van der Waals surface area contributed by atoms with E-state index < -0.39 is 0 Å². The molecule has 0 aliphatic heterocycles. The largest absolute Gasteiger partial charge is 0.352 e. The third kappa shape index (κ3) is 4.04. The molecule has 0 aliphatic carbocycles. The van der Waals surface area contributed by atoms with Crippen LogP contribution in [-0.4, -0.2) is 15.7 Å². The molecule has 29 heavy (non-hydrogen) atoms.